The van der Waals surface area contributed by atoms with Gasteiger partial charge in [0.2, 0.25) is 11.9 Å². The molecule has 0 atom stereocenters. The van der Waals surface area contributed by atoms with E-state index >= 15 is 0 Å². The summed E-state index contributed by atoms with van der Waals surface area (Å²) in [6.07, 6.45) is -0.249. The quantitative estimate of drug-likeness (QED) is 0.772. The number of anilines is 2. The standard InChI is InChI=1S/C15H25N7O3/c1-2-25-15(23)22-5-3-20(4-6-22)11-12-17-13(16)19-14(18-12)21-7-9-24-10-8-21/h2-11H2,1H3,(H2,16,17,18,19). The Balaban J connectivity index is 1.58. The lowest BCUT2D eigenvalue weighted by Gasteiger charge is -2.33. The topological polar surface area (TPSA) is 110 Å². The molecule has 3 heterocycles. The summed E-state index contributed by atoms with van der Waals surface area (Å²) in [5.74, 6) is 1.49. The van der Waals surface area contributed by atoms with Gasteiger partial charge in [-0.05, 0) is 6.92 Å². The van der Waals surface area contributed by atoms with Crippen molar-refractivity contribution in [3.63, 3.8) is 0 Å². The molecule has 0 spiro atoms. The number of aromatic nitrogens is 3. The van der Waals surface area contributed by atoms with Crippen LogP contribution in [-0.4, -0.2) is 89.9 Å². The van der Waals surface area contributed by atoms with Crippen LogP contribution in [-0.2, 0) is 16.0 Å². The highest BCUT2D eigenvalue weighted by molar-refractivity contribution is 5.67. The average molecular weight is 351 g/mol. The van der Waals surface area contributed by atoms with Gasteiger partial charge in [-0.1, -0.05) is 0 Å². The summed E-state index contributed by atoms with van der Waals surface area (Å²) < 4.78 is 10.4. The van der Waals surface area contributed by atoms with Crippen molar-refractivity contribution >= 4 is 18.0 Å². The molecule has 2 saturated heterocycles. The lowest BCUT2D eigenvalue weighted by molar-refractivity contribution is 0.0771. The van der Waals surface area contributed by atoms with E-state index in [1.165, 1.54) is 0 Å². The fourth-order valence-corrected chi connectivity index (χ4v) is 2.90. The largest absolute Gasteiger partial charge is 0.450 e. The molecule has 1 aromatic rings. The normalized spacial score (nSPS) is 19.1. The number of piperazine rings is 1. The van der Waals surface area contributed by atoms with E-state index < -0.39 is 0 Å². The number of carbonyl (C=O) groups is 1. The van der Waals surface area contributed by atoms with Crippen molar-refractivity contribution in [2.45, 2.75) is 13.5 Å². The zero-order valence-corrected chi connectivity index (χ0v) is 14.6. The molecule has 3 rings (SSSR count). The Bertz CT molecular complexity index is 586. The Hall–Kier alpha value is -2.20. The van der Waals surface area contributed by atoms with E-state index in [1.807, 2.05) is 6.92 Å². The van der Waals surface area contributed by atoms with Crippen LogP contribution in [0.2, 0.25) is 0 Å². The van der Waals surface area contributed by atoms with Crippen LogP contribution in [0.15, 0.2) is 0 Å². The van der Waals surface area contributed by atoms with Crippen LogP contribution in [0.1, 0.15) is 12.7 Å². The highest BCUT2D eigenvalue weighted by Gasteiger charge is 2.23. The van der Waals surface area contributed by atoms with Gasteiger partial charge in [0, 0.05) is 39.3 Å². The molecule has 25 heavy (non-hydrogen) atoms. The molecule has 0 bridgehead atoms. The number of nitrogens with two attached hydrogens (primary N) is 1. The minimum absolute atomic E-state index is 0.233. The summed E-state index contributed by atoms with van der Waals surface area (Å²) in [6.45, 7) is 8.38. The van der Waals surface area contributed by atoms with Gasteiger partial charge in [-0.2, -0.15) is 15.0 Å². The Labute approximate surface area is 146 Å². The summed E-state index contributed by atoms with van der Waals surface area (Å²) >= 11 is 0. The van der Waals surface area contributed by atoms with E-state index in [2.05, 4.69) is 24.8 Å². The predicted octanol–water partition coefficient (Wildman–Crippen LogP) is -0.435. The van der Waals surface area contributed by atoms with Crippen LogP contribution in [0.25, 0.3) is 0 Å². The van der Waals surface area contributed by atoms with Crippen LogP contribution >= 0.6 is 0 Å². The molecule has 2 aliphatic heterocycles. The smallest absolute Gasteiger partial charge is 0.409 e. The minimum atomic E-state index is -0.249. The third kappa shape index (κ3) is 4.67. The van der Waals surface area contributed by atoms with Gasteiger partial charge < -0.3 is 25.0 Å². The molecule has 138 valence electrons. The molecule has 10 nitrogen and oxygen atoms in total. The van der Waals surface area contributed by atoms with E-state index in [4.69, 9.17) is 15.2 Å². The van der Waals surface area contributed by atoms with Crippen LogP contribution in [0, 0.1) is 0 Å². The number of ether oxygens (including phenoxy) is 2. The number of nitrogen functional groups attached to an aromatic ring is 1. The summed E-state index contributed by atoms with van der Waals surface area (Å²) in [6, 6.07) is 0. The Morgan fingerprint density at radius 2 is 1.84 bits per heavy atom. The van der Waals surface area contributed by atoms with Gasteiger partial charge in [-0.15, -0.1) is 0 Å². The molecule has 2 fully saturated rings. The molecule has 10 heteroatoms. The number of morpholine rings is 1. The summed E-state index contributed by atoms with van der Waals surface area (Å²) in [7, 11) is 0. The van der Waals surface area contributed by atoms with Crippen LogP contribution in [0.4, 0.5) is 16.7 Å². The Kier molecular flexibility index (Phi) is 5.82. The molecule has 2 N–H and O–H groups in total. The van der Waals surface area contributed by atoms with Crippen LogP contribution in [0.5, 0.6) is 0 Å². The maximum Gasteiger partial charge on any atom is 0.409 e. The maximum atomic E-state index is 11.7. The van der Waals surface area contributed by atoms with Crippen LogP contribution < -0.4 is 10.6 Å². The second kappa shape index (κ2) is 8.26. The molecule has 0 unspecified atom stereocenters. The number of hydrogen-bond acceptors (Lipinski definition) is 9. The third-order valence-electron chi connectivity index (χ3n) is 4.24. The van der Waals surface area contributed by atoms with Gasteiger partial charge in [0.15, 0.2) is 0 Å². The number of carbonyl (C=O) groups excluding carboxylic acids is 1. The summed E-state index contributed by atoms with van der Waals surface area (Å²) in [4.78, 5) is 30.8. The Morgan fingerprint density at radius 3 is 2.52 bits per heavy atom. The first-order valence-corrected chi connectivity index (χ1v) is 8.63. The predicted molar refractivity (Wildman–Crippen MR) is 91.1 cm³/mol. The van der Waals surface area contributed by atoms with Gasteiger partial charge in [-0.3, -0.25) is 4.90 Å². The van der Waals surface area contributed by atoms with Gasteiger partial charge in [-0.25, -0.2) is 4.79 Å². The Morgan fingerprint density at radius 1 is 1.12 bits per heavy atom. The van der Waals surface area contributed by atoms with Crippen molar-refractivity contribution in [2.24, 2.45) is 0 Å². The first kappa shape index (κ1) is 17.6. The molecule has 1 aromatic heterocycles. The maximum absolute atomic E-state index is 11.7. The first-order chi connectivity index (χ1) is 12.2. The fraction of sp³-hybridized carbons (Fsp3) is 0.733. The molecule has 1 amide bonds. The summed E-state index contributed by atoms with van der Waals surface area (Å²) in [5.41, 5.74) is 5.86. The lowest BCUT2D eigenvalue weighted by Crippen LogP contribution is -2.48. The number of nitrogens with zero attached hydrogens (tertiary/aromatic N) is 6. The average Bonchev–Trinajstić information content (AvgIpc) is 2.63. The first-order valence-electron chi connectivity index (χ1n) is 8.63. The molecule has 0 radical (unpaired) electrons. The molecular weight excluding hydrogens is 326 g/mol. The monoisotopic (exact) mass is 351 g/mol. The fourth-order valence-electron chi connectivity index (χ4n) is 2.90. The van der Waals surface area contributed by atoms with Crippen molar-refractivity contribution in [2.75, 3.05) is 69.7 Å². The number of rotatable bonds is 4. The number of amides is 1. The van der Waals surface area contributed by atoms with E-state index in [1.54, 1.807) is 4.90 Å². The minimum Gasteiger partial charge on any atom is -0.450 e. The van der Waals surface area contributed by atoms with Crippen molar-refractivity contribution in [1.82, 2.24) is 24.8 Å². The number of hydrogen-bond donors (Lipinski definition) is 1. The van der Waals surface area contributed by atoms with Crippen LogP contribution in [0.3, 0.4) is 0 Å². The van der Waals surface area contributed by atoms with Gasteiger partial charge >= 0.3 is 6.09 Å². The van der Waals surface area contributed by atoms with Crippen molar-refractivity contribution in [3.8, 4) is 0 Å². The lowest BCUT2D eigenvalue weighted by atomic mass is 10.3. The second-order valence-corrected chi connectivity index (χ2v) is 5.97. The second-order valence-electron chi connectivity index (χ2n) is 5.97. The molecule has 0 aliphatic carbocycles. The van der Waals surface area contributed by atoms with E-state index in [-0.39, 0.29) is 12.0 Å². The molecule has 2 aliphatic rings. The summed E-state index contributed by atoms with van der Waals surface area (Å²) in [5, 5.41) is 0. The molecule has 0 aromatic carbocycles. The zero-order chi connectivity index (χ0) is 17.6. The van der Waals surface area contributed by atoms with Gasteiger partial charge in [0.25, 0.3) is 0 Å². The van der Waals surface area contributed by atoms with E-state index in [0.717, 1.165) is 26.2 Å². The van der Waals surface area contributed by atoms with Gasteiger partial charge in [0.1, 0.15) is 5.82 Å². The SMILES string of the molecule is CCOC(=O)N1CCN(Cc2nc(N)nc(N3CCOCC3)n2)CC1. The third-order valence-corrected chi connectivity index (χ3v) is 4.24. The van der Waals surface area contributed by atoms with E-state index in [9.17, 15) is 4.79 Å². The van der Waals surface area contributed by atoms with Crippen molar-refractivity contribution in [1.29, 1.82) is 0 Å². The highest BCUT2D eigenvalue weighted by atomic mass is 16.6. The van der Waals surface area contributed by atoms with Crippen molar-refractivity contribution in [3.05, 3.63) is 5.82 Å². The highest BCUT2D eigenvalue weighted by Crippen LogP contribution is 2.13. The molecule has 0 saturated carbocycles. The van der Waals surface area contributed by atoms with Crippen molar-refractivity contribution < 1.29 is 14.3 Å². The van der Waals surface area contributed by atoms with E-state index in [0.29, 0.717) is 51.2 Å². The molecular formula is C15H25N7O3. The van der Waals surface area contributed by atoms with Gasteiger partial charge in [0.05, 0.1) is 26.4 Å². The zero-order valence-electron chi connectivity index (χ0n) is 14.6.